The Labute approximate surface area is 108 Å². The number of nitrogens with one attached hydrogen (secondary N) is 1. The van der Waals surface area contributed by atoms with Crippen LogP contribution in [-0.4, -0.2) is 13.2 Å². The number of alkyl halides is 3. The largest absolute Gasteiger partial charge is 0.389 e. The van der Waals surface area contributed by atoms with Crippen molar-refractivity contribution in [3.05, 3.63) is 33.8 Å². The first-order valence-electron chi connectivity index (χ1n) is 5.33. The van der Waals surface area contributed by atoms with Gasteiger partial charge in [0.1, 0.15) is 0 Å². The minimum atomic E-state index is -4.10. The van der Waals surface area contributed by atoms with Crippen LogP contribution in [0.5, 0.6) is 0 Å². The normalized spacial score (nSPS) is 13.8. The smallest absolute Gasteiger partial charge is 0.313 e. The number of halogens is 4. The molecule has 0 radical (unpaired) electrons. The summed E-state index contributed by atoms with van der Waals surface area (Å²) in [6.45, 7) is 1.92. The van der Waals surface area contributed by atoms with Crippen LogP contribution in [0, 0.1) is 6.92 Å². The average molecular weight is 310 g/mol. The third-order valence-corrected chi connectivity index (χ3v) is 3.54. The maximum absolute atomic E-state index is 12.2. The van der Waals surface area contributed by atoms with Crippen molar-refractivity contribution >= 4 is 15.9 Å². The van der Waals surface area contributed by atoms with Crippen molar-refractivity contribution in [2.45, 2.75) is 32.0 Å². The zero-order chi connectivity index (χ0) is 13.1. The lowest BCUT2D eigenvalue weighted by Crippen LogP contribution is -2.19. The molecule has 17 heavy (non-hydrogen) atoms. The predicted molar refractivity (Wildman–Crippen MR) is 66.0 cm³/mol. The number of hydrogen-bond donors (Lipinski definition) is 1. The zero-order valence-corrected chi connectivity index (χ0v) is 11.3. The van der Waals surface area contributed by atoms with E-state index in [1.165, 1.54) is 0 Å². The van der Waals surface area contributed by atoms with Crippen LogP contribution < -0.4 is 5.32 Å². The van der Waals surface area contributed by atoms with E-state index in [1.54, 1.807) is 7.05 Å². The van der Waals surface area contributed by atoms with E-state index >= 15 is 0 Å². The first kappa shape index (κ1) is 14.5. The number of aryl methyl sites for hydroxylation is 1. The summed E-state index contributed by atoms with van der Waals surface area (Å²) in [6.07, 6.45) is -4.81. The summed E-state index contributed by atoms with van der Waals surface area (Å²) in [7, 11) is 1.68. The molecule has 1 rings (SSSR count). The molecule has 96 valence electrons. The van der Waals surface area contributed by atoms with E-state index in [9.17, 15) is 13.2 Å². The van der Waals surface area contributed by atoms with Gasteiger partial charge >= 0.3 is 6.18 Å². The number of hydrogen-bond acceptors (Lipinski definition) is 1. The molecule has 0 aliphatic rings. The first-order valence-corrected chi connectivity index (χ1v) is 6.13. The summed E-state index contributed by atoms with van der Waals surface area (Å²) in [4.78, 5) is 0. The Balaban J connectivity index is 2.76. The molecular weight excluding hydrogens is 295 g/mol. The third-order valence-electron chi connectivity index (χ3n) is 2.65. The van der Waals surface area contributed by atoms with Crippen LogP contribution in [0.2, 0.25) is 0 Å². The van der Waals surface area contributed by atoms with Crippen molar-refractivity contribution in [1.82, 2.24) is 5.32 Å². The summed E-state index contributed by atoms with van der Waals surface area (Å²) in [6, 6.07) is 5.35. The van der Waals surface area contributed by atoms with Gasteiger partial charge in [-0.05, 0) is 37.6 Å². The topological polar surface area (TPSA) is 12.0 Å². The van der Waals surface area contributed by atoms with Gasteiger partial charge in [0.2, 0.25) is 0 Å². The van der Waals surface area contributed by atoms with Crippen LogP contribution in [0.1, 0.15) is 30.0 Å². The van der Waals surface area contributed by atoms with Gasteiger partial charge in [0.15, 0.2) is 0 Å². The Kier molecular flexibility index (Phi) is 5.01. The molecular formula is C12H15BrF3N. The van der Waals surface area contributed by atoms with Gasteiger partial charge < -0.3 is 5.32 Å². The molecule has 0 amide bonds. The second-order valence-electron chi connectivity index (χ2n) is 4.00. The molecule has 0 aromatic heterocycles. The van der Waals surface area contributed by atoms with Crippen molar-refractivity contribution in [3.63, 3.8) is 0 Å². The maximum atomic E-state index is 12.2. The molecule has 1 aromatic carbocycles. The van der Waals surface area contributed by atoms with Crippen molar-refractivity contribution in [2.24, 2.45) is 0 Å². The molecule has 5 heteroatoms. The van der Waals surface area contributed by atoms with Crippen LogP contribution in [0.25, 0.3) is 0 Å². The van der Waals surface area contributed by atoms with Gasteiger partial charge in [0.25, 0.3) is 0 Å². The van der Waals surface area contributed by atoms with Gasteiger partial charge in [0.05, 0.1) is 0 Å². The van der Waals surface area contributed by atoms with E-state index in [-0.39, 0.29) is 12.5 Å². The van der Waals surface area contributed by atoms with Crippen LogP contribution in [0.15, 0.2) is 22.7 Å². The lowest BCUT2D eigenvalue weighted by Gasteiger charge is -2.18. The molecule has 1 aromatic rings. The summed E-state index contributed by atoms with van der Waals surface area (Å²) in [5.41, 5.74) is 1.91. The highest BCUT2D eigenvalue weighted by Crippen LogP contribution is 2.29. The van der Waals surface area contributed by atoms with Gasteiger partial charge in [-0.2, -0.15) is 13.2 Å². The highest BCUT2D eigenvalue weighted by Gasteiger charge is 2.28. The number of rotatable bonds is 4. The molecule has 1 nitrogen and oxygen atoms in total. The number of benzene rings is 1. The third kappa shape index (κ3) is 4.68. The van der Waals surface area contributed by atoms with Crippen LogP contribution in [0.4, 0.5) is 13.2 Å². The minimum Gasteiger partial charge on any atom is -0.313 e. The molecule has 1 atom stereocenters. The highest BCUT2D eigenvalue weighted by atomic mass is 79.9. The fourth-order valence-electron chi connectivity index (χ4n) is 1.67. The molecule has 0 spiro atoms. The fraction of sp³-hybridized carbons (Fsp3) is 0.500. The average Bonchev–Trinajstić information content (AvgIpc) is 2.22. The maximum Gasteiger partial charge on any atom is 0.389 e. The molecule has 0 aliphatic carbocycles. The molecule has 1 unspecified atom stereocenters. The molecule has 0 saturated heterocycles. The quantitative estimate of drug-likeness (QED) is 0.871. The highest BCUT2D eigenvalue weighted by molar-refractivity contribution is 9.10. The minimum absolute atomic E-state index is 0.0566. The molecule has 0 aliphatic heterocycles. The van der Waals surface area contributed by atoms with Crippen LogP contribution >= 0.6 is 15.9 Å². The fourth-order valence-corrected chi connectivity index (χ4v) is 1.92. The second-order valence-corrected chi connectivity index (χ2v) is 4.86. The monoisotopic (exact) mass is 309 g/mol. The predicted octanol–water partition coefficient (Wildman–Crippen LogP) is 4.36. The van der Waals surface area contributed by atoms with Gasteiger partial charge in [0, 0.05) is 16.9 Å². The summed E-state index contributed by atoms with van der Waals surface area (Å²) in [5, 5.41) is 2.92. The molecule has 0 saturated carbocycles. The van der Waals surface area contributed by atoms with E-state index in [2.05, 4.69) is 21.2 Å². The first-order chi connectivity index (χ1) is 7.83. The summed E-state index contributed by atoms with van der Waals surface area (Å²) < 4.78 is 37.5. The van der Waals surface area contributed by atoms with Crippen molar-refractivity contribution in [2.75, 3.05) is 7.05 Å². The second kappa shape index (κ2) is 5.87. The van der Waals surface area contributed by atoms with E-state index in [1.807, 2.05) is 25.1 Å². The molecule has 0 bridgehead atoms. The van der Waals surface area contributed by atoms with E-state index in [0.29, 0.717) is 0 Å². The Morgan fingerprint density at radius 1 is 1.35 bits per heavy atom. The SMILES string of the molecule is CNC(CCC(F)(F)F)c1ccc(Br)c(C)c1. The molecule has 1 N–H and O–H groups in total. The van der Waals surface area contributed by atoms with Crippen LogP contribution in [-0.2, 0) is 0 Å². The van der Waals surface area contributed by atoms with Gasteiger partial charge in [-0.3, -0.25) is 0 Å². The van der Waals surface area contributed by atoms with Crippen molar-refractivity contribution in [1.29, 1.82) is 0 Å². The van der Waals surface area contributed by atoms with Crippen LogP contribution in [0.3, 0.4) is 0 Å². The van der Waals surface area contributed by atoms with Crippen molar-refractivity contribution in [3.8, 4) is 0 Å². The Bertz CT molecular complexity index is 377. The Morgan fingerprint density at radius 2 is 2.00 bits per heavy atom. The van der Waals surface area contributed by atoms with E-state index in [4.69, 9.17) is 0 Å². The van der Waals surface area contributed by atoms with E-state index in [0.717, 1.165) is 15.6 Å². The Hall–Kier alpha value is -0.550. The summed E-state index contributed by atoms with van der Waals surface area (Å²) in [5.74, 6) is 0. The molecule has 0 heterocycles. The zero-order valence-electron chi connectivity index (χ0n) is 9.74. The Morgan fingerprint density at radius 3 is 2.47 bits per heavy atom. The lowest BCUT2D eigenvalue weighted by molar-refractivity contribution is -0.136. The van der Waals surface area contributed by atoms with Crippen molar-refractivity contribution < 1.29 is 13.2 Å². The lowest BCUT2D eigenvalue weighted by atomic mass is 10.0. The van der Waals surface area contributed by atoms with Gasteiger partial charge in [-0.15, -0.1) is 0 Å². The van der Waals surface area contributed by atoms with E-state index < -0.39 is 12.6 Å². The van der Waals surface area contributed by atoms with Gasteiger partial charge in [-0.25, -0.2) is 0 Å². The standard InChI is InChI=1S/C12H15BrF3N/c1-8-7-9(3-4-10(8)13)11(17-2)5-6-12(14,15)16/h3-4,7,11,17H,5-6H2,1-2H3. The van der Waals surface area contributed by atoms with Gasteiger partial charge in [-0.1, -0.05) is 28.1 Å². The molecule has 0 fully saturated rings. The summed E-state index contributed by atoms with van der Waals surface area (Å²) >= 11 is 3.37.